The van der Waals surface area contributed by atoms with Gasteiger partial charge < -0.3 is 5.73 Å². The summed E-state index contributed by atoms with van der Waals surface area (Å²) in [5.74, 6) is 0.498. The minimum absolute atomic E-state index is 0.498. The van der Waals surface area contributed by atoms with Gasteiger partial charge in [0.05, 0.1) is 11.1 Å². The Bertz CT molecular complexity index is 970. The number of anilines is 1. The van der Waals surface area contributed by atoms with Crippen molar-refractivity contribution in [3.05, 3.63) is 72.6 Å². The summed E-state index contributed by atoms with van der Waals surface area (Å²) in [5.41, 5.74) is 11.3. The lowest BCUT2D eigenvalue weighted by molar-refractivity contribution is 1.08. The number of hydrogen-bond acceptors (Lipinski definition) is 3. The summed E-state index contributed by atoms with van der Waals surface area (Å²) in [4.78, 5) is 8.57. The molecule has 4 aromatic rings. The van der Waals surface area contributed by atoms with Crippen LogP contribution in [0.1, 0.15) is 5.56 Å². The van der Waals surface area contributed by atoms with Gasteiger partial charge in [-0.15, -0.1) is 0 Å². The molecule has 0 spiro atoms. The molecule has 0 aliphatic carbocycles. The molecule has 0 amide bonds. The van der Waals surface area contributed by atoms with E-state index in [9.17, 15) is 0 Å². The number of para-hydroxylation sites is 1. The summed E-state index contributed by atoms with van der Waals surface area (Å²) in [6.45, 7) is 2.08. The average molecular weight is 300 g/mol. The summed E-state index contributed by atoms with van der Waals surface area (Å²) in [6.07, 6.45) is 1.51. The standard InChI is InChI=1S/C19H16N4/c1-13-7-9-14(10-8-13)17-11-16-18(20)21-12-22-19(16)23(17)15-5-3-2-4-6-15/h2-12H,1H3,(H2,20,21,22). The second-order valence-corrected chi connectivity index (χ2v) is 5.56. The second-order valence-electron chi connectivity index (χ2n) is 5.56. The maximum Gasteiger partial charge on any atom is 0.150 e. The molecule has 0 fully saturated rings. The third-order valence-corrected chi connectivity index (χ3v) is 3.99. The number of rotatable bonds is 2. The molecule has 0 aliphatic heterocycles. The Balaban J connectivity index is 2.07. The Morgan fingerprint density at radius 2 is 1.65 bits per heavy atom. The molecule has 2 aromatic heterocycles. The summed E-state index contributed by atoms with van der Waals surface area (Å²) >= 11 is 0. The van der Waals surface area contributed by atoms with Crippen LogP contribution in [0.4, 0.5) is 5.82 Å². The third-order valence-electron chi connectivity index (χ3n) is 3.99. The first-order chi connectivity index (χ1) is 11.2. The van der Waals surface area contributed by atoms with Crippen LogP contribution >= 0.6 is 0 Å². The monoisotopic (exact) mass is 300 g/mol. The van der Waals surface area contributed by atoms with E-state index in [4.69, 9.17) is 5.73 Å². The summed E-state index contributed by atoms with van der Waals surface area (Å²) in [6, 6.07) is 20.7. The summed E-state index contributed by atoms with van der Waals surface area (Å²) in [7, 11) is 0. The number of fused-ring (bicyclic) bond motifs is 1. The molecular weight excluding hydrogens is 284 g/mol. The van der Waals surface area contributed by atoms with Gasteiger partial charge in [0.15, 0.2) is 5.65 Å². The van der Waals surface area contributed by atoms with Gasteiger partial charge in [-0.3, -0.25) is 4.57 Å². The van der Waals surface area contributed by atoms with E-state index in [2.05, 4.69) is 63.9 Å². The largest absolute Gasteiger partial charge is 0.383 e. The lowest BCUT2D eigenvalue weighted by atomic mass is 10.1. The van der Waals surface area contributed by atoms with Crippen molar-refractivity contribution in [2.45, 2.75) is 6.92 Å². The molecule has 4 rings (SSSR count). The van der Waals surface area contributed by atoms with E-state index >= 15 is 0 Å². The number of benzene rings is 2. The molecule has 23 heavy (non-hydrogen) atoms. The van der Waals surface area contributed by atoms with Crippen molar-refractivity contribution in [3.8, 4) is 16.9 Å². The highest BCUT2D eigenvalue weighted by Gasteiger charge is 2.15. The van der Waals surface area contributed by atoms with Gasteiger partial charge in [0.1, 0.15) is 12.1 Å². The summed E-state index contributed by atoms with van der Waals surface area (Å²) < 4.78 is 2.12. The van der Waals surface area contributed by atoms with Gasteiger partial charge in [-0.25, -0.2) is 9.97 Å². The molecule has 4 nitrogen and oxygen atoms in total. The van der Waals surface area contributed by atoms with Gasteiger partial charge in [0, 0.05) is 5.69 Å². The van der Waals surface area contributed by atoms with E-state index in [0.29, 0.717) is 5.82 Å². The number of nitrogen functional groups attached to an aromatic ring is 1. The molecule has 0 saturated carbocycles. The van der Waals surface area contributed by atoms with Crippen molar-refractivity contribution in [2.24, 2.45) is 0 Å². The third kappa shape index (κ3) is 2.25. The number of aromatic nitrogens is 3. The number of nitrogens with zero attached hydrogens (tertiary/aromatic N) is 3. The smallest absolute Gasteiger partial charge is 0.150 e. The zero-order valence-corrected chi connectivity index (χ0v) is 12.8. The normalized spacial score (nSPS) is 11.0. The van der Waals surface area contributed by atoms with Crippen LogP contribution in [0.5, 0.6) is 0 Å². The minimum atomic E-state index is 0.498. The van der Waals surface area contributed by atoms with Gasteiger partial charge in [-0.1, -0.05) is 48.0 Å². The van der Waals surface area contributed by atoms with Gasteiger partial charge >= 0.3 is 0 Å². The van der Waals surface area contributed by atoms with E-state index in [1.807, 2.05) is 18.2 Å². The first kappa shape index (κ1) is 13.5. The van der Waals surface area contributed by atoms with E-state index in [0.717, 1.165) is 28.0 Å². The van der Waals surface area contributed by atoms with Crippen molar-refractivity contribution in [1.82, 2.24) is 14.5 Å². The van der Waals surface area contributed by atoms with Crippen LogP contribution in [0.15, 0.2) is 67.0 Å². The molecular formula is C19H16N4. The quantitative estimate of drug-likeness (QED) is 0.609. The van der Waals surface area contributed by atoms with Gasteiger partial charge in [0.25, 0.3) is 0 Å². The van der Waals surface area contributed by atoms with Crippen LogP contribution in [-0.2, 0) is 0 Å². The average Bonchev–Trinajstić information content (AvgIpc) is 2.97. The number of nitrogens with two attached hydrogens (primary N) is 1. The zero-order valence-electron chi connectivity index (χ0n) is 12.8. The van der Waals surface area contributed by atoms with Gasteiger partial charge in [-0.2, -0.15) is 0 Å². The lowest BCUT2D eigenvalue weighted by Gasteiger charge is -2.10. The second kappa shape index (κ2) is 5.25. The Morgan fingerprint density at radius 3 is 2.39 bits per heavy atom. The molecule has 4 heteroatoms. The Hall–Kier alpha value is -3.14. The topological polar surface area (TPSA) is 56.7 Å². The van der Waals surface area contributed by atoms with E-state index in [1.165, 1.54) is 11.9 Å². The molecule has 0 unspecified atom stereocenters. The fourth-order valence-corrected chi connectivity index (χ4v) is 2.81. The first-order valence-corrected chi connectivity index (χ1v) is 7.48. The van der Waals surface area contributed by atoms with Crippen LogP contribution in [-0.4, -0.2) is 14.5 Å². The highest BCUT2D eigenvalue weighted by molar-refractivity contribution is 5.93. The van der Waals surface area contributed by atoms with Gasteiger partial charge in [0.2, 0.25) is 0 Å². The predicted molar refractivity (Wildman–Crippen MR) is 93.5 cm³/mol. The van der Waals surface area contributed by atoms with E-state index in [1.54, 1.807) is 0 Å². The van der Waals surface area contributed by atoms with Crippen molar-refractivity contribution >= 4 is 16.9 Å². The molecule has 2 heterocycles. The number of aryl methyl sites for hydroxylation is 1. The van der Waals surface area contributed by atoms with E-state index in [-0.39, 0.29) is 0 Å². The fourth-order valence-electron chi connectivity index (χ4n) is 2.81. The van der Waals surface area contributed by atoms with Crippen molar-refractivity contribution in [3.63, 3.8) is 0 Å². The van der Waals surface area contributed by atoms with Crippen LogP contribution in [0.2, 0.25) is 0 Å². The molecule has 0 saturated heterocycles. The van der Waals surface area contributed by atoms with Crippen molar-refractivity contribution in [1.29, 1.82) is 0 Å². The van der Waals surface area contributed by atoms with Crippen LogP contribution in [0.25, 0.3) is 28.0 Å². The Morgan fingerprint density at radius 1 is 0.913 bits per heavy atom. The molecule has 0 radical (unpaired) electrons. The van der Waals surface area contributed by atoms with Crippen molar-refractivity contribution in [2.75, 3.05) is 5.73 Å². The van der Waals surface area contributed by atoms with Crippen molar-refractivity contribution < 1.29 is 0 Å². The molecule has 2 N–H and O–H groups in total. The Kier molecular flexibility index (Phi) is 3.08. The highest BCUT2D eigenvalue weighted by Crippen LogP contribution is 2.32. The SMILES string of the molecule is Cc1ccc(-c2cc3c(N)ncnc3n2-c2ccccc2)cc1. The maximum absolute atomic E-state index is 6.05. The van der Waals surface area contributed by atoms with Gasteiger partial charge in [-0.05, 0) is 30.7 Å². The molecule has 112 valence electrons. The van der Waals surface area contributed by atoms with Crippen LogP contribution in [0.3, 0.4) is 0 Å². The van der Waals surface area contributed by atoms with E-state index < -0.39 is 0 Å². The Labute approximate surface area is 134 Å². The lowest BCUT2D eigenvalue weighted by Crippen LogP contribution is -1.99. The van der Waals surface area contributed by atoms with Crippen LogP contribution in [0, 0.1) is 6.92 Å². The predicted octanol–water partition coefficient (Wildman–Crippen LogP) is 3.98. The zero-order chi connectivity index (χ0) is 15.8. The minimum Gasteiger partial charge on any atom is -0.383 e. The fraction of sp³-hybridized carbons (Fsp3) is 0.0526. The highest BCUT2D eigenvalue weighted by atomic mass is 15.1. The molecule has 0 aliphatic rings. The molecule has 0 atom stereocenters. The number of hydrogen-bond donors (Lipinski definition) is 1. The van der Waals surface area contributed by atoms with Crippen LogP contribution < -0.4 is 5.73 Å². The summed E-state index contributed by atoms with van der Waals surface area (Å²) in [5, 5.41) is 0.868. The maximum atomic E-state index is 6.05. The molecule has 2 aromatic carbocycles. The molecule has 0 bridgehead atoms. The first-order valence-electron chi connectivity index (χ1n) is 7.48.